The van der Waals surface area contributed by atoms with E-state index in [1.165, 1.54) is 109 Å². The smallest absolute Gasteiger partial charge is 0.222 e. The molecule has 8 heteroatoms. The largest absolute Gasteiger partial charge is 0.231 e. The zero-order chi connectivity index (χ0) is 26.8. The Morgan fingerprint density at radius 3 is 0.515 bits per heavy atom. The van der Waals surface area contributed by atoms with Crippen LogP contribution in [0.1, 0.15) is 137 Å². The molecule has 0 amide bonds. The summed E-state index contributed by atoms with van der Waals surface area (Å²) >= 11 is 0. The summed E-state index contributed by atoms with van der Waals surface area (Å²) in [4.78, 5) is 33.4. The van der Waals surface area contributed by atoms with E-state index < -0.39 is 0 Å². The minimum absolute atomic E-state index is 0.750. The monoisotopic (exact) mass is 470 g/mol. The first-order valence-electron chi connectivity index (χ1n) is 12.1. The maximum Gasteiger partial charge on any atom is 0.231 e. The number of isocyanates is 4. The highest BCUT2D eigenvalue weighted by Gasteiger charge is 1.89. The van der Waals surface area contributed by atoms with E-state index in [9.17, 15) is 0 Å². The van der Waals surface area contributed by atoms with Crippen LogP contribution in [0.5, 0.6) is 0 Å². The Morgan fingerprint density at radius 2 is 0.424 bits per heavy atom. The van der Waals surface area contributed by atoms with Crippen molar-refractivity contribution in [3.63, 3.8) is 0 Å². The SMILES string of the molecule is CCCCCCCCCC.CCCCCCCCCCC.N=C=O.N=C=O.N=C=O.N=C=O. The van der Waals surface area contributed by atoms with E-state index in [1.807, 2.05) is 0 Å². The molecule has 0 aromatic carbocycles. The molecule has 0 aliphatic heterocycles. The topological polar surface area (TPSA) is 164 Å². The highest BCUT2D eigenvalue weighted by atomic mass is 16.1. The van der Waals surface area contributed by atoms with Crippen LogP contribution in [-0.2, 0) is 19.2 Å². The summed E-state index contributed by atoms with van der Waals surface area (Å²) in [5.74, 6) is 0. The summed E-state index contributed by atoms with van der Waals surface area (Å²) in [5, 5.41) is 21.6. The number of unbranched alkanes of at least 4 members (excludes halogenated alkanes) is 15. The molecular formula is C25H50N4O4. The maximum absolute atomic E-state index is 8.35. The van der Waals surface area contributed by atoms with Crippen LogP contribution < -0.4 is 0 Å². The average molecular weight is 471 g/mol. The molecular weight excluding hydrogens is 420 g/mol. The average Bonchev–Trinajstić information content (AvgIpc) is 2.78. The summed E-state index contributed by atoms with van der Waals surface area (Å²) in [7, 11) is 0. The second kappa shape index (κ2) is 70.0. The molecule has 0 aliphatic rings. The number of rotatable bonds is 15. The zero-order valence-electron chi connectivity index (χ0n) is 21.7. The third-order valence-corrected chi connectivity index (χ3v) is 4.16. The number of hydrogen-bond donors (Lipinski definition) is 4. The van der Waals surface area contributed by atoms with Crippen LogP contribution in [0.15, 0.2) is 0 Å². The molecule has 0 aromatic rings. The molecule has 8 nitrogen and oxygen atoms in total. The fourth-order valence-corrected chi connectivity index (χ4v) is 2.59. The van der Waals surface area contributed by atoms with E-state index in [2.05, 4.69) is 27.7 Å². The molecule has 0 spiro atoms. The molecule has 0 aromatic heterocycles. The Morgan fingerprint density at radius 1 is 0.333 bits per heavy atom. The molecule has 0 aliphatic carbocycles. The third kappa shape index (κ3) is 143. The van der Waals surface area contributed by atoms with Crippen molar-refractivity contribution in [2.75, 3.05) is 0 Å². The van der Waals surface area contributed by atoms with Gasteiger partial charge in [0.25, 0.3) is 0 Å². The van der Waals surface area contributed by atoms with Gasteiger partial charge in [-0.3, -0.25) is 0 Å². The van der Waals surface area contributed by atoms with E-state index >= 15 is 0 Å². The molecule has 194 valence electrons. The number of nitrogens with one attached hydrogen (secondary N) is 4. The van der Waals surface area contributed by atoms with Crippen molar-refractivity contribution in [1.82, 2.24) is 0 Å². The van der Waals surface area contributed by atoms with Crippen molar-refractivity contribution in [3.8, 4) is 0 Å². The van der Waals surface area contributed by atoms with Gasteiger partial charge in [0.1, 0.15) is 0 Å². The summed E-state index contributed by atoms with van der Waals surface area (Å²) in [6.45, 7) is 9.09. The summed E-state index contributed by atoms with van der Waals surface area (Å²) in [6, 6.07) is 0. The molecule has 0 atom stereocenters. The molecule has 0 fully saturated rings. The van der Waals surface area contributed by atoms with Gasteiger partial charge in [-0.25, -0.2) is 40.8 Å². The minimum atomic E-state index is 0.750. The third-order valence-electron chi connectivity index (χ3n) is 4.16. The van der Waals surface area contributed by atoms with Gasteiger partial charge >= 0.3 is 0 Å². The van der Waals surface area contributed by atoms with Crippen molar-refractivity contribution in [2.24, 2.45) is 0 Å². The minimum Gasteiger partial charge on any atom is -0.222 e. The van der Waals surface area contributed by atoms with Gasteiger partial charge in [-0.2, -0.15) is 0 Å². The van der Waals surface area contributed by atoms with Crippen LogP contribution in [0.25, 0.3) is 0 Å². The lowest BCUT2D eigenvalue weighted by molar-refractivity contribution is 0.562. The van der Waals surface area contributed by atoms with Crippen LogP contribution in [-0.4, -0.2) is 24.3 Å². The summed E-state index contributed by atoms with van der Waals surface area (Å²) in [6.07, 6.45) is 27.4. The second-order valence-corrected chi connectivity index (χ2v) is 7.00. The van der Waals surface area contributed by atoms with Gasteiger partial charge in [-0.1, -0.05) is 137 Å². The fraction of sp³-hybridized carbons (Fsp3) is 0.840. The van der Waals surface area contributed by atoms with Crippen LogP contribution in [0.2, 0.25) is 0 Å². The maximum atomic E-state index is 8.35. The molecule has 0 saturated heterocycles. The Balaban J connectivity index is -0.0000000751. The van der Waals surface area contributed by atoms with Crippen LogP contribution in [0, 0.1) is 21.6 Å². The number of hydrogen-bond acceptors (Lipinski definition) is 8. The van der Waals surface area contributed by atoms with E-state index in [4.69, 9.17) is 40.8 Å². The highest BCUT2D eigenvalue weighted by Crippen LogP contribution is 2.09. The second-order valence-electron chi connectivity index (χ2n) is 7.00. The van der Waals surface area contributed by atoms with Crippen molar-refractivity contribution in [1.29, 1.82) is 21.6 Å². The molecule has 0 unspecified atom stereocenters. The molecule has 33 heavy (non-hydrogen) atoms. The predicted octanol–water partition coefficient (Wildman–Crippen LogP) is 8.29. The van der Waals surface area contributed by atoms with Crippen molar-refractivity contribution < 1.29 is 19.2 Å². The Bertz CT molecular complexity index is 370. The first-order valence-corrected chi connectivity index (χ1v) is 12.1. The quantitative estimate of drug-likeness (QED) is 0.107. The normalized spacial score (nSPS) is 7.52. The standard InChI is InChI=1S/C11H24.C10H22.4CHNO/c1-3-5-7-9-11-10-8-6-4-2;1-3-5-7-9-10-8-6-4-2;4*2-1-3/h3-11H2,1-2H3;3-10H2,1-2H3;4*2H. The Labute approximate surface area is 202 Å². The van der Waals surface area contributed by atoms with Crippen molar-refractivity contribution in [2.45, 2.75) is 137 Å². The van der Waals surface area contributed by atoms with Gasteiger partial charge in [0.2, 0.25) is 24.3 Å². The van der Waals surface area contributed by atoms with Gasteiger partial charge in [-0.15, -0.1) is 0 Å². The van der Waals surface area contributed by atoms with Gasteiger partial charge in [-0.05, 0) is 0 Å². The summed E-state index contributed by atoms with van der Waals surface area (Å²) in [5.41, 5.74) is 0. The number of carbonyl (C=O) groups excluding carboxylic acids is 4. The Hall–Kier alpha value is -2.48. The lowest BCUT2D eigenvalue weighted by Crippen LogP contribution is -1.79. The highest BCUT2D eigenvalue weighted by molar-refractivity contribution is 5.26. The van der Waals surface area contributed by atoms with Gasteiger partial charge in [0.15, 0.2) is 0 Å². The zero-order valence-corrected chi connectivity index (χ0v) is 21.7. The first kappa shape index (κ1) is 44.2. The first-order chi connectivity index (χ1) is 16.0. The molecule has 4 N–H and O–H groups in total. The predicted molar refractivity (Wildman–Crippen MR) is 135 cm³/mol. The van der Waals surface area contributed by atoms with Gasteiger partial charge in [0, 0.05) is 0 Å². The van der Waals surface area contributed by atoms with Crippen molar-refractivity contribution >= 4 is 24.3 Å². The lowest BCUT2D eigenvalue weighted by atomic mass is 10.1. The lowest BCUT2D eigenvalue weighted by Gasteiger charge is -1.98. The van der Waals surface area contributed by atoms with E-state index in [0.29, 0.717) is 0 Å². The van der Waals surface area contributed by atoms with E-state index in [0.717, 1.165) is 24.3 Å². The van der Waals surface area contributed by atoms with E-state index in [1.54, 1.807) is 0 Å². The molecule has 0 heterocycles. The van der Waals surface area contributed by atoms with Crippen LogP contribution >= 0.6 is 0 Å². The van der Waals surface area contributed by atoms with Gasteiger partial charge in [0.05, 0.1) is 0 Å². The van der Waals surface area contributed by atoms with Crippen molar-refractivity contribution in [3.05, 3.63) is 0 Å². The van der Waals surface area contributed by atoms with E-state index in [-0.39, 0.29) is 0 Å². The fourth-order valence-electron chi connectivity index (χ4n) is 2.59. The van der Waals surface area contributed by atoms with Crippen LogP contribution in [0.3, 0.4) is 0 Å². The summed E-state index contributed by atoms with van der Waals surface area (Å²) < 4.78 is 0. The molecule has 0 saturated carbocycles. The molecule has 0 bridgehead atoms. The molecule has 0 rings (SSSR count). The molecule has 0 radical (unpaired) electrons. The Kier molecular flexibility index (Phi) is 93.8. The van der Waals surface area contributed by atoms with Gasteiger partial charge < -0.3 is 0 Å². The van der Waals surface area contributed by atoms with Crippen LogP contribution in [0.4, 0.5) is 0 Å².